The Morgan fingerprint density at radius 1 is 1.23 bits per heavy atom. The number of rotatable bonds is 5. The van der Waals surface area contributed by atoms with E-state index in [1.54, 1.807) is 25.3 Å². The van der Waals surface area contributed by atoms with Crippen LogP contribution in [-0.2, 0) is 0 Å². The molecule has 0 aliphatic heterocycles. The molecule has 2 aromatic rings. The van der Waals surface area contributed by atoms with Crippen LogP contribution in [0.1, 0.15) is 34.8 Å². The predicted molar refractivity (Wildman–Crippen MR) is 87.4 cm³/mol. The fraction of sp³-hybridized carbons (Fsp3) is 0.278. The van der Waals surface area contributed by atoms with Crippen LogP contribution in [0.2, 0.25) is 5.02 Å². The summed E-state index contributed by atoms with van der Waals surface area (Å²) in [5, 5.41) is 3.66. The van der Waals surface area contributed by atoms with E-state index in [-0.39, 0.29) is 11.9 Å². The zero-order valence-corrected chi connectivity index (χ0v) is 13.1. The first kappa shape index (κ1) is 14.9. The zero-order chi connectivity index (χ0) is 15.5. The molecule has 0 heterocycles. The highest BCUT2D eigenvalue weighted by molar-refractivity contribution is 6.31. The Bertz CT molecular complexity index is 668. The van der Waals surface area contributed by atoms with Crippen molar-refractivity contribution in [1.82, 2.24) is 5.32 Å². The molecule has 0 spiro atoms. The quantitative estimate of drug-likeness (QED) is 0.896. The maximum absolute atomic E-state index is 12.6. The Labute approximate surface area is 135 Å². The van der Waals surface area contributed by atoms with Gasteiger partial charge in [0.05, 0.1) is 18.7 Å². The van der Waals surface area contributed by atoms with E-state index < -0.39 is 0 Å². The maximum atomic E-state index is 12.6. The molecule has 0 unspecified atom stereocenters. The van der Waals surface area contributed by atoms with E-state index in [1.807, 2.05) is 18.2 Å². The van der Waals surface area contributed by atoms with E-state index in [9.17, 15) is 4.79 Å². The maximum Gasteiger partial charge on any atom is 0.255 e. The number of methoxy groups -OCH3 is 1. The van der Waals surface area contributed by atoms with Crippen molar-refractivity contribution in [1.29, 1.82) is 0 Å². The van der Waals surface area contributed by atoms with Gasteiger partial charge < -0.3 is 10.1 Å². The summed E-state index contributed by atoms with van der Waals surface area (Å²) in [4.78, 5) is 12.6. The van der Waals surface area contributed by atoms with Gasteiger partial charge in [-0.15, -0.1) is 0 Å². The van der Waals surface area contributed by atoms with Gasteiger partial charge in [0.1, 0.15) is 5.75 Å². The predicted octanol–water partition coefficient (Wildman–Crippen LogP) is 4.23. The van der Waals surface area contributed by atoms with Crippen molar-refractivity contribution < 1.29 is 9.53 Å². The van der Waals surface area contributed by atoms with Crippen molar-refractivity contribution in [2.24, 2.45) is 5.92 Å². The van der Waals surface area contributed by atoms with Gasteiger partial charge in [-0.05, 0) is 42.5 Å². The minimum Gasteiger partial charge on any atom is -0.496 e. The number of amides is 1. The van der Waals surface area contributed by atoms with E-state index in [4.69, 9.17) is 16.3 Å². The summed E-state index contributed by atoms with van der Waals surface area (Å²) in [7, 11) is 1.55. The SMILES string of the molecule is COc1ccc(Cl)cc1C(=O)N[C@H](c1ccccc1)C1CC1. The normalized spacial score (nSPS) is 15.2. The number of benzene rings is 2. The second kappa shape index (κ2) is 6.41. The molecule has 1 atom stereocenters. The second-order valence-corrected chi connectivity index (χ2v) is 5.98. The summed E-state index contributed by atoms with van der Waals surface area (Å²) >= 11 is 6.01. The average molecular weight is 316 g/mol. The molecule has 1 aliphatic rings. The van der Waals surface area contributed by atoms with Crippen LogP contribution in [0, 0.1) is 5.92 Å². The van der Waals surface area contributed by atoms with Crippen LogP contribution in [-0.4, -0.2) is 13.0 Å². The molecule has 1 N–H and O–H groups in total. The zero-order valence-electron chi connectivity index (χ0n) is 12.4. The smallest absolute Gasteiger partial charge is 0.255 e. The van der Waals surface area contributed by atoms with Gasteiger partial charge in [0.25, 0.3) is 5.91 Å². The fourth-order valence-corrected chi connectivity index (χ4v) is 2.81. The number of hydrogen-bond acceptors (Lipinski definition) is 2. The minimum absolute atomic E-state index is 0.0392. The van der Waals surface area contributed by atoms with Gasteiger partial charge in [-0.2, -0.15) is 0 Å². The van der Waals surface area contributed by atoms with Crippen LogP contribution < -0.4 is 10.1 Å². The number of hydrogen-bond donors (Lipinski definition) is 1. The molecule has 1 saturated carbocycles. The summed E-state index contributed by atoms with van der Waals surface area (Å²) in [6.07, 6.45) is 2.29. The van der Waals surface area contributed by atoms with Gasteiger partial charge in [-0.25, -0.2) is 0 Å². The van der Waals surface area contributed by atoms with Crippen molar-refractivity contribution in [3.63, 3.8) is 0 Å². The highest BCUT2D eigenvalue weighted by Crippen LogP contribution is 2.41. The van der Waals surface area contributed by atoms with Crippen LogP contribution in [0.3, 0.4) is 0 Å². The third-order valence-corrected chi connectivity index (χ3v) is 4.18. The number of nitrogens with one attached hydrogen (secondary N) is 1. The van der Waals surface area contributed by atoms with Crippen molar-refractivity contribution in [3.05, 3.63) is 64.7 Å². The molecule has 114 valence electrons. The lowest BCUT2D eigenvalue weighted by molar-refractivity contribution is 0.0928. The van der Waals surface area contributed by atoms with E-state index >= 15 is 0 Å². The minimum atomic E-state index is -0.153. The van der Waals surface area contributed by atoms with E-state index in [0.29, 0.717) is 22.3 Å². The molecule has 0 aromatic heterocycles. The van der Waals surface area contributed by atoms with Crippen LogP contribution >= 0.6 is 11.6 Å². The van der Waals surface area contributed by atoms with E-state index in [0.717, 1.165) is 18.4 Å². The number of halogens is 1. The Morgan fingerprint density at radius 3 is 2.59 bits per heavy atom. The van der Waals surface area contributed by atoms with Gasteiger partial charge in [-0.3, -0.25) is 4.79 Å². The molecular weight excluding hydrogens is 298 g/mol. The molecule has 1 amide bonds. The monoisotopic (exact) mass is 315 g/mol. The van der Waals surface area contributed by atoms with Gasteiger partial charge >= 0.3 is 0 Å². The Balaban J connectivity index is 1.84. The molecule has 22 heavy (non-hydrogen) atoms. The molecule has 1 fully saturated rings. The lowest BCUT2D eigenvalue weighted by Gasteiger charge is -2.19. The Morgan fingerprint density at radius 2 is 1.95 bits per heavy atom. The van der Waals surface area contributed by atoms with Crippen LogP contribution in [0.5, 0.6) is 5.75 Å². The molecule has 0 bridgehead atoms. The van der Waals surface area contributed by atoms with Crippen LogP contribution in [0.4, 0.5) is 0 Å². The third-order valence-electron chi connectivity index (χ3n) is 3.94. The molecule has 3 nitrogen and oxygen atoms in total. The van der Waals surface area contributed by atoms with Crippen molar-refractivity contribution in [3.8, 4) is 5.75 Å². The lowest BCUT2D eigenvalue weighted by atomic mass is 10.0. The molecule has 1 aliphatic carbocycles. The summed E-state index contributed by atoms with van der Waals surface area (Å²) in [6.45, 7) is 0. The third kappa shape index (κ3) is 3.25. The van der Waals surface area contributed by atoms with Gasteiger partial charge in [0, 0.05) is 5.02 Å². The lowest BCUT2D eigenvalue weighted by Crippen LogP contribution is -2.30. The summed E-state index contributed by atoms with van der Waals surface area (Å²) in [5.41, 5.74) is 1.61. The summed E-state index contributed by atoms with van der Waals surface area (Å²) in [6, 6.07) is 15.2. The van der Waals surface area contributed by atoms with Gasteiger partial charge in [0.2, 0.25) is 0 Å². The van der Waals surface area contributed by atoms with Gasteiger partial charge in [-0.1, -0.05) is 41.9 Å². The molecule has 3 rings (SSSR count). The molecule has 0 radical (unpaired) electrons. The standard InChI is InChI=1S/C18H18ClNO2/c1-22-16-10-9-14(19)11-15(16)18(21)20-17(13-7-8-13)12-5-3-2-4-6-12/h2-6,9-11,13,17H,7-8H2,1H3,(H,20,21)/t17-/m1/s1. The number of carbonyl (C=O) groups is 1. The number of ether oxygens (including phenoxy) is 1. The van der Waals surface area contributed by atoms with Crippen molar-refractivity contribution >= 4 is 17.5 Å². The van der Waals surface area contributed by atoms with Crippen LogP contribution in [0.25, 0.3) is 0 Å². The Hall–Kier alpha value is -2.00. The fourth-order valence-electron chi connectivity index (χ4n) is 2.64. The molecular formula is C18H18ClNO2. The first-order chi connectivity index (χ1) is 10.7. The van der Waals surface area contributed by atoms with Crippen LogP contribution in [0.15, 0.2) is 48.5 Å². The second-order valence-electron chi connectivity index (χ2n) is 5.54. The largest absolute Gasteiger partial charge is 0.496 e. The van der Waals surface area contributed by atoms with Gasteiger partial charge in [0.15, 0.2) is 0 Å². The highest BCUT2D eigenvalue weighted by Gasteiger charge is 2.33. The van der Waals surface area contributed by atoms with E-state index in [2.05, 4.69) is 17.4 Å². The number of carbonyl (C=O) groups excluding carboxylic acids is 1. The molecule has 2 aromatic carbocycles. The first-order valence-electron chi connectivity index (χ1n) is 7.38. The average Bonchev–Trinajstić information content (AvgIpc) is 3.38. The van der Waals surface area contributed by atoms with Crippen molar-refractivity contribution in [2.45, 2.75) is 18.9 Å². The summed E-state index contributed by atoms with van der Waals surface area (Å²) in [5.74, 6) is 0.890. The van der Waals surface area contributed by atoms with Crippen molar-refractivity contribution in [2.75, 3.05) is 7.11 Å². The molecule has 0 saturated heterocycles. The highest BCUT2D eigenvalue weighted by atomic mass is 35.5. The first-order valence-corrected chi connectivity index (χ1v) is 7.76. The van der Waals surface area contributed by atoms with E-state index in [1.165, 1.54) is 0 Å². The Kier molecular flexibility index (Phi) is 4.34. The topological polar surface area (TPSA) is 38.3 Å². The molecule has 4 heteroatoms. The summed E-state index contributed by atoms with van der Waals surface area (Å²) < 4.78 is 5.27.